The van der Waals surface area contributed by atoms with Gasteiger partial charge >= 0.3 is 0 Å². The van der Waals surface area contributed by atoms with Gasteiger partial charge in [0.25, 0.3) is 0 Å². The molecule has 0 fully saturated rings. The molecule has 2 heterocycles. The van der Waals surface area contributed by atoms with Crippen LogP contribution in [0, 0.1) is 0 Å². The van der Waals surface area contributed by atoms with Gasteiger partial charge in [-0.05, 0) is 35.4 Å². The Morgan fingerprint density at radius 1 is 1.00 bits per heavy atom. The van der Waals surface area contributed by atoms with E-state index in [0.29, 0.717) is 17.0 Å². The fourth-order valence-corrected chi connectivity index (χ4v) is 4.78. The summed E-state index contributed by atoms with van der Waals surface area (Å²) in [5.41, 5.74) is 5.99. The molecule has 0 bridgehead atoms. The number of hydrogen-bond donors (Lipinski definition) is 1. The molecule has 0 aliphatic carbocycles. The highest BCUT2D eigenvalue weighted by atomic mass is 32.2. The first-order chi connectivity index (χ1) is 15.9. The van der Waals surface area contributed by atoms with Gasteiger partial charge < -0.3 is 9.88 Å². The highest BCUT2D eigenvalue weighted by molar-refractivity contribution is 7.99. The first kappa shape index (κ1) is 23.2. The van der Waals surface area contributed by atoms with E-state index in [1.165, 1.54) is 11.8 Å². The molecule has 0 aliphatic heterocycles. The van der Waals surface area contributed by atoms with Gasteiger partial charge in [0.05, 0.1) is 11.3 Å². The standard InChI is InChI=1S/C26H31N5OS/c1-6-14-31-21-13-8-7-10-20(21)24-25(31)28-26(30-29-24)33-15-22(32)27-23-18(16(2)3)11-9-12-19(23)17(4)5/h7-13,16-17H,6,14-15H2,1-5H3,(H,27,32). The van der Waals surface area contributed by atoms with Crippen LogP contribution in [0.2, 0.25) is 0 Å². The molecule has 0 radical (unpaired) electrons. The summed E-state index contributed by atoms with van der Waals surface area (Å²) in [5, 5.41) is 13.5. The highest BCUT2D eigenvalue weighted by Crippen LogP contribution is 2.33. The van der Waals surface area contributed by atoms with Crippen molar-refractivity contribution in [2.45, 2.75) is 64.6 Å². The Morgan fingerprint density at radius 3 is 2.36 bits per heavy atom. The van der Waals surface area contributed by atoms with Gasteiger partial charge in [-0.25, -0.2) is 4.98 Å². The van der Waals surface area contributed by atoms with Crippen molar-refractivity contribution in [2.24, 2.45) is 0 Å². The zero-order valence-corrected chi connectivity index (χ0v) is 20.7. The first-order valence-corrected chi connectivity index (χ1v) is 12.6. The Labute approximate surface area is 199 Å². The largest absolute Gasteiger partial charge is 0.325 e. The second-order valence-electron chi connectivity index (χ2n) is 8.89. The maximum atomic E-state index is 12.9. The quantitative estimate of drug-likeness (QED) is 0.309. The predicted molar refractivity (Wildman–Crippen MR) is 137 cm³/mol. The van der Waals surface area contributed by atoms with Crippen LogP contribution in [0.1, 0.15) is 64.0 Å². The van der Waals surface area contributed by atoms with E-state index < -0.39 is 0 Å². The van der Waals surface area contributed by atoms with E-state index >= 15 is 0 Å². The second kappa shape index (κ2) is 9.91. The maximum absolute atomic E-state index is 12.9. The molecule has 0 saturated carbocycles. The lowest BCUT2D eigenvalue weighted by Crippen LogP contribution is -2.18. The van der Waals surface area contributed by atoms with E-state index in [-0.39, 0.29) is 11.7 Å². The Morgan fingerprint density at radius 2 is 1.70 bits per heavy atom. The third kappa shape index (κ3) is 4.74. The number of amides is 1. The van der Waals surface area contributed by atoms with Crippen molar-refractivity contribution in [3.05, 3.63) is 53.6 Å². The second-order valence-corrected chi connectivity index (χ2v) is 9.84. The highest BCUT2D eigenvalue weighted by Gasteiger charge is 2.18. The van der Waals surface area contributed by atoms with E-state index in [1.54, 1.807) is 0 Å². The number of para-hydroxylation sites is 2. The molecule has 0 aliphatic rings. The summed E-state index contributed by atoms with van der Waals surface area (Å²) in [6, 6.07) is 14.4. The van der Waals surface area contributed by atoms with Crippen LogP contribution in [-0.2, 0) is 11.3 Å². The van der Waals surface area contributed by atoms with Crippen molar-refractivity contribution in [3.63, 3.8) is 0 Å². The molecule has 1 amide bonds. The number of thioether (sulfide) groups is 1. The molecule has 1 N–H and O–H groups in total. The van der Waals surface area contributed by atoms with Crippen LogP contribution in [0.3, 0.4) is 0 Å². The number of carbonyl (C=O) groups excluding carboxylic acids is 1. The summed E-state index contributed by atoms with van der Waals surface area (Å²) in [6.07, 6.45) is 0.996. The number of aryl methyl sites for hydroxylation is 1. The third-order valence-corrected chi connectivity index (χ3v) is 6.61. The first-order valence-electron chi connectivity index (χ1n) is 11.6. The number of nitrogens with one attached hydrogen (secondary N) is 1. The van der Waals surface area contributed by atoms with Gasteiger partial charge in [-0.15, -0.1) is 10.2 Å². The third-order valence-electron chi connectivity index (χ3n) is 5.77. The molecule has 0 spiro atoms. The molecule has 0 atom stereocenters. The monoisotopic (exact) mass is 461 g/mol. The number of hydrogen-bond acceptors (Lipinski definition) is 5. The zero-order valence-electron chi connectivity index (χ0n) is 19.9. The minimum atomic E-state index is -0.0622. The summed E-state index contributed by atoms with van der Waals surface area (Å²) in [7, 11) is 0. The van der Waals surface area contributed by atoms with Crippen LogP contribution in [-0.4, -0.2) is 31.4 Å². The summed E-state index contributed by atoms with van der Waals surface area (Å²) in [5.74, 6) is 0.808. The average Bonchev–Trinajstić information content (AvgIpc) is 3.11. The van der Waals surface area contributed by atoms with Crippen molar-refractivity contribution in [1.29, 1.82) is 0 Å². The van der Waals surface area contributed by atoms with Gasteiger partial charge in [0.15, 0.2) is 5.65 Å². The molecule has 2 aromatic heterocycles. The van der Waals surface area contributed by atoms with Gasteiger partial charge in [0.2, 0.25) is 11.1 Å². The Balaban J connectivity index is 1.57. The van der Waals surface area contributed by atoms with Gasteiger partial charge in [0.1, 0.15) is 5.52 Å². The average molecular weight is 462 g/mol. The number of nitrogens with zero attached hydrogens (tertiary/aromatic N) is 4. The maximum Gasteiger partial charge on any atom is 0.234 e. The molecule has 33 heavy (non-hydrogen) atoms. The van der Waals surface area contributed by atoms with Crippen LogP contribution in [0.15, 0.2) is 47.6 Å². The van der Waals surface area contributed by atoms with Crippen LogP contribution in [0.4, 0.5) is 5.69 Å². The summed E-state index contributed by atoms with van der Waals surface area (Å²) in [6.45, 7) is 11.6. The number of anilines is 1. The predicted octanol–water partition coefficient (Wildman–Crippen LogP) is 6.37. The van der Waals surface area contributed by atoms with Crippen molar-refractivity contribution in [1.82, 2.24) is 19.7 Å². The normalized spacial score (nSPS) is 11.7. The van der Waals surface area contributed by atoms with Crippen LogP contribution in [0.5, 0.6) is 0 Å². The minimum absolute atomic E-state index is 0.0622. The molecule has 0 saturated heterocycles. The number of aromatic nitrogens is 4. The Kier molecular flexibility index (Phi) is 6.98. The molecule has 4 rings (SSSR count). The lowest BCUT2D eigenvalue weighted by atomic mass is 9.92. The van der Waals surface area contributed by atoms with Crippen molar-refractivity contribution < 1.29 is 4.79 Å². The van der Waals surface area contributed by atoms with E-state index in [4.69, 9.17) is 4.98 Å². The molecule has 7 heteroatoms. The summed E-state index contributed by atoms with van der Waals surface area (Å²) in [4.78, 5) is 17.7. The van der Waals surface area contributed by atoms with Gasteiger partial charge in [-0.2, -0.15) is 0 Å². The van der Waals surface area contributed by atoms with Crippen molar-refractivity contribution >= 4 is 45.4 Å². The number of rotatable bonds is 8. The lowest BCUT2D eigenvalue weighted by molar-refractivity contribution is -0.113. The zero-order chi connectivity index (χ0) is 23.5. The number of fused-ring (bicyclic) bond motifs is 3. The molecule has 0 unspecified atom stereocenters. The molecular weight excluding hydrogens is 430 g/mol. The topological polar surface area (TPSA) is 72.7 Å². The SMILES string of the molecule is CCCn1c2ccccc2c2nnc(SCC(=O)Nc3c(C(C)C)cccc3C(C)C)nc21. The van der Waals surface area contributed by atoms with Crippen molar-refractivity contribution in [2.75, 3.05) is 11.1 Å². The number of benzene rings is 2. The van der Waals surface area contributed by atoms with Gasteiger partial charge in [0, 0.05) is 17.6 Å². The lowest BCUT2D eigenvalue weighted by Gasteiger charge is -2.20. The summed E-state index contributed by atoms with van der Waals surface area (Å²) >= 11 is 1.32. The molecule has 172 valence electrons. The van der Waals surface area contributed by atoms with Gasteiger partial charge in [-0.1, -0.05) is 82.8 Å². The fourth-order valence-electron chi connectivity index (χ4n) is 4.20. The molecule has 2 aromatic carbocycles. The smallest absolute Gasteiger partial charge is 0.234 e. The fraction of sp³-hybridized carbons (Fsp3) is 0.385. The van der Waals surface area contributed by atoms with E-state index in [2.05, 4.69) is 85.0 Å². The van der Waals surface area contributed by atoms with E-state index in [1.807, 2.05) is 12.1 Å². The molecule has 6 nitrogen and oxygen atoms in total. The van der Waals surface area contributed by atoms with Crippen molar-refractivity contribution in [3.8, 4) is 0 Å². The van der Waals surface area contributed by atoms with Crippen LogP contribution >= 0.6 is 11.8 Å². The van der Waals surface area contributed by atoms with Crippen LogP contribution in [0.25, 0.3) is 22.1 Å². The molecular formula is C26H31N5OS. The summed E-state index contributed by atoms with van der Waals surface area (Å²) < 4.78 is 2.19. The van der Waals surface area contributed by atoms with Gasteiger partial charge in [-0.3, -0.25) is 4.79 Å². The van der Waals surface area contributed by atoms with E-state index in [0.717, 1.165) is 51.8 Å². The Hall–Kier alpha value is -2.93. The van der Waals surface area contributed by atoms with E-state index in [9.17, 15) is 4.79 Å². The molecule has 4 aromatic rings. The Bertz CT molecular complexity index is 1270. The minimum Gasteiger partial charge on any atom is -0.325 e. The number of carbonyl (C=O) groups is 1. The van der Waals surface area contributed by atoms with Crippen LogP contribution < -0.4 is 5.32 Å².